The number of phenols is 1. The van der Waals surface area contributed by atoms with Crippen molar-refractivity contribution in [3.63, 3.8) is 0 Å². The van der Waals surface area contributed by atoms with Crippen LogP contribution in [-0.2, 0) is 6.54 Å². The zero-order valence-corrected chi connectivity index (χ0v) is 6.45. The zero-order chi connectivity index (χ0) is 8.55. The van der Waals surface area contributed by atoms with Crippen molar-refractivity contribution in [1.29, 1.82) is 0 Å². The van der Waals surface area contributed by atoms with Crippen LogP contribution in [0, 0.1) is 0 Å². The van der Waals surface area contributed by atoms with Crippen LogP contribution in [0.15, 0.2) is 28.9 Å². The van der Waals surface area contributed by atoms with Crippen LogP contribution >= 0.6 is 0 Å². The molecule has 2 aromatic rings. The van der Waals surface area contributed by atoms with Gasteiger partial charge < -0.3 is 15.3 Å². The van der Waals surface area contributed by atoms with Crippen molar-refractivity contribution in [3.8, 4) is 5.75 Å². The average molecular weight is 163 g/mol. The smallest absolute Gasteiger partial charge is 0.142 e. The standard InChI is InChI=1S/C9H9NO2/c10-5-6-1-2-8(11)7-3-4-12-9(6)7/h1-4,11H,5,10H2. The maximum atomic E-state index is 9.38. The molecular formula is C9H9NO2. The molecule has 12 heavy (non-hydrogen) atoms. The summed E-state index contributed by atoms with van der Waals surface area (Å²) in [7, 11) is 0. The number of hydrogen-bond acceptors (Lipinski definition) is 3. The predicted molar refractivity (Wildman–Crippen MR) is 45.8 cm³/mol. The first-order valence-corrected chi connectivity index (χ1v) is 3.71. The van der Waals surface area contributed by atoms with E-state index in [2.05, 4.69) is 0 Å². The van der Waals surface area contributed by atoms with Crippen molar-refractivity contribution in [2.24, 2.45) is 5.73 Å². The number of furan rings is 1. The Hall–Kier alpha value is -1.48. The normalized spacial score (nSPS) is 10.8. The van der Waals surface area contributed by atoms with Crippen LogP contribution in [0.2, 0.25) is 0 Å². The van der Waals surface area contributed by atoms with Crippen LogP contribution in [0.25, 0.3) is 11.0 Å². The quantitative estimate of drug-likeness (QED) is 0.671. The van der Waals surface area contributed by atoms with Crippen LogP contribution in [0.5, 0.6) is 5.75 Å². The molecule has 0 spiro atoms. The number of nitrogens with two attached hydrogens (primary N) is 1. The number of hydrogen-bond donors (Lipinski definition) is 2. The van der Waals surface area contributed by atoms with Crippen molar-refractivity contribution >= 4 is 11.0 Å². The molecule has 0 aliphatic rings. The van der Waals surface area contributed by atoms with E-state index in [1.807, 2.05) is 0 Å². The third kappa shape index (κ3) is 0.871. The van der Waals surface area contributed by atoms with Crippen LogP contribution in [0.3, 0.4) is 0 Å². The summed E-state index contributed by atoms with van der Waals surface area (Å²) in [6, 6.07) is 5.12. The first kappa shape index (κ1) is 7.18. The maximum Gasteiger partial charge on any atom is 0.142 e. The Morgan fingerprint density at radius 3 is 2.92 bits per heavy atom. The molecule has 0 amide bonds. The number of fused-ring (bicyclic) bond motifs is 1. The van der Waals surface area contributed by atoms with E-state index in [1.165, 1.54) is 0 Å². The van der Waals surface area contributed by atoms with E-state index in [0.29, 0.717) is 12.1 Å². The molecule has 0 bridgehead atoms. The maximum absolute atomic E-state index is 9.38. The van der Waals surface area contributed by atoms with E-state index >= 15 is 0 Å². The highest BCUT2D eigenvalue weighted by Crippen LogP contribution is 2.27. The topological polar surface area (TPSA) is 59.4 Å². The van der Waals surface area contributed by atoms with Crippen molar-refractivity contribution in [1.82, 2.24) is 0 Å². The van der Waals surface area contributed by atoms with Gasteiger partial charge in [0.15, 0.2) is 0 Å². The fourth-order valence-corrected chi connectivity index (χ4v) is 1.27. The van der Waals surface area contributed by atoms with E-state index in [4.69, 9.17) is 10.2 Å². The Bertz CT molecular complexity index is 406. The number of rotatable bonds is 1. The Morgan fingerprint density at radius 2 is 2.17 bits per heavy atom. The van der Waals surface area contributed by atoms with Crippen LogP contribution in [-0.4, -0.2) is 5.11 Å². The first-order chi connectivity index (χ1) is 5.83. The summed E-state index contributed by atoms with van der Waals surface area (Å²) in [5, 5.41) is 10.1. The van der Waals surface area contributed by atoms with Gasteiger partial charge in [0.1, 0.15) is 11.3 Å². The number of phenolic OH excluding ortho intramolecular Hbond substituents is 1. The van der Waals surface area contributed by atoms with Crippen LogP contribution in [0.4, 0.5) is 0 Å². The van der Waals surface area contributed by atoms with Crippen molar-refractivity contribution in [2.75, 3.05) is 0 Å². The SMILES string of the molecule is NCc1ccc(O)c2ccoc12. The Balaban J connectivity index is 2.82. The molecule has 0 aliphatic carbocycles. The van der Waals surface area contributed by atoms with Gasteiger partial charge in [-0.15, -0.1) is 0 Å². The molecule has 0 radical (unpaired) electrons. The molecule has 0 fully saturated rings. The van der Waals surface area contributed by atoms with Crippen molar-refractivity contribution < 1.29 is 9.52 Å². The molecule has 1 heterocycles. The fourth-order valence-electron chi connectivity index (χ4n) is 1.27. The lowest BCUT2D eigenvalue weighted by atomic mass is 10.1. The number of aromatic hydroxyl groups is 1. The van der Waals surface area contributed by atoms with Crippen LogP contribution < -0.4 is 5.73 Å². The molecule has 62 valence electrons. The Morgan fingerprint density at radius 1 is 1.33 bits per heavy atom. The lowest BCUT2D eigenvalue weighted by Gasteiger charge is -1.98. The van der Waals surface area contributed by atoms with Gasteiger partial charge in [-0.2, -0.15) is 0 Å². The van der Waals surface area contributed by atoms with Gasteiger partial charge in [-0.25, -0.2) is 0 Å². The highest BCUT2D eigenvalue weighted by atomic mass is 16.3. The molecule has 1 aromatic carbocycles. The number of benzene rings is 1. The monoisotopic (exact) mass is 163 g/mol. The second-order valence-corrected chi connectivity index (χ2v) is 2.61. The summed E-state index contributed by atoms with van der Waals surface area (Å²) < 4.78 is 5.18. The largest absolute Gasteiger partial charge is 0.507 e. The van der Waals surface area contributed by atoms with Gasteiger partial charge in [0.25, 0.3) is 0 Å². The van der Waals surface area contributed by atoms with Gasteiger partial charge in [0.2, 0.25) is 0 Å². The van der Waals surface area contributed by atoms with Gasteiger partial charge in [-0.1, -0.05) is 6.07 Å². The summed E-state index contributed by atoms with van der Waals surface area (Å²) >= 11 is 0. The minimum absolute atomic E-state index is 0.232. The molecule has 3 nitrogen and oxygen atoms in total. The summed E-state index contributed by atoms with van der Waals surface area (Å²) in [5.74, 6) is 0.232. The minimum atomic E-state index is 0.232. The third-order valence-corrected chi connectivity index (χ3v) is 1.90. The van der Waals surface area contributed by atoms with Gasteiger partial charge in [-0.05, 0) is 12.1 Å². The lowest BCUT2D eigenvalue weighted by molar-refractivity contribution is 0.481. The van der Waals surface area contributed by atoms with Gasteiger partial charge in [0, 0.05) is 12.1 Å². The van der Waals surface area contributed by atoms with Crippen molar-refractivity contribution in [2.45, 2.75) is 6.54 Å². The first-order valence-electron chi connectivity index (χ1n) is 3.71. The molecule has 3 heteroatoms. The van der Waals surface area contributed by atoms with Gasteiger partial charge >= 0.3 is 0 Å². The molecule has 3 N–H and O–H groups in total. The molecule has 1 aromatic heterocycles. The molecule has 0 saturated heterocycles. The summed E-state index contributed by atoms with van der Waals surface area (Å²) in [5.41, 5.74) is 7.07. The van der Waals surface area contributed by atoms with E-state index in [1.54, 1.807) is 24.5 Å². The van der Waals surface area contributed by atoms with E-state index in [9.17, 15) is 5.11 Å². The Labute approximate surface area is 69.4 Å². The minimum Gasteiger partial charge on any atom is -0.507 e. The highest BCUT2D eigenvalue weighted by molar-refractivity contribution is 5.86. The predicted octanol–water partition coefficient (Wildman–Crippen LogP) is 1.60. The lowest BCUT2D eigenvalue weighted by Crippen LogP contribution is -1.95. The van der Waals surface area contributed by atoms with Crippen molar-refractivity contribution in [3.05, 3.63) is 30.0 Å². The molecule has 0 saturated carbocycles. The van der Waals surface area contributed by atoms with E-state index in [0.717, 1.165) is 10.9 Å². The van der Waals surface area contributed by atoms with E-state index in [-0.39, 0.29) is 5.75 Å². The average Bonchev–Trinajstić information content (AvgIpc) is 2.54. The fraction of sp³-hybridized carbons (Fsp3) is 0.111. The molecular weight excluding hydrogens is 154 g/mol. The Kier molecular flexibility index (Phi) is 1.52. The second-order valence-electron chi connectivity index (χ2n) is 2.61. The molecule has 2 rings (SSSR count). The zero-order valence-electron chi connectivity index (χ0n) is 6.45. The van der Waals surface area contributed by atoms with E-state index < -0.39 is 0 Å². The summed E-state index contributed by atoms with van der Waals surface area (Å²) in [6.45, 7) is 0.421. The summed E-state index contributed by atoms with van der Waals surface area (Å²) in [6.07, 6.45) is 1.55. The molecule has 0 unspecified atom stereocenters. The third-order valence-electron chi connectivity index (χ3n) is 1.90. The van der Waals surface area contributed by atoms with Gasteiger partial charge in [0.05, 0.1) is 11.6 Å². The molecule has 0 aliphatic heterocycles. The van der Waals surface area contributed by atoms with Gasteiger partial charge in [-0.3, -0.25) is 0 Å². The highest BCUT2D eigenvalue weighted by Gasteiger charge is 2.05. The summed E-state index contributed by atoms with van der Waals surface area (Å²) in [4.78, 5) is 0. The van der Waals surface area contributed by atoms with Crippen LogP contribution in [0.1, 0.15) is 5.56 Å². The second kappa shape index (κ2) is 2.53. The molecule has 0 atom stereocenters.